The highest BCUT2D eigenvalue weighted by atomic mass is 35.5. The molecule has 0 aliphatic heterocycles. The Hall–Kier alpha value is -1.59. The summed E-state index contributed by atoms with van der Waals surface area (Å²) in [4.78, 5) is 4.42. The monoisotopic (exact) mass is 293 g/mol. The van der Waals surface area contributed by atoms with Crippen LogP contribution in [0.15, 0.2) is 22.7 Å². The fourth-order valence-corrected chi connectivity index (χ4v) is 2.36. The summed E-state index contributed by atoms with van der Waals surface area (Å²) in [5, 5.41) is 4.51. The number of nitrogens with zero attached hydrogens (tertiary/aromatic N) is 2. The van der Waals surface area contributed by atoms with E-state index in [1.165, 1.54) is 0 Å². The maximum absolute atomic E-state index is 6.00. The highest BCUT2D eigenvalue weighted by Crippen LogP contribution is 2.43. The van der Waals surface area contributed by atoms with Crippen molar-refractivity contribution in [2.24, 2.45) is 5.92 Å². The van der Waals surface area contributed by atoms with E-state index >= 15 is 0 Å². The van der Waals surface area contributed by atoms with Gasteiger partial charge < -0.3 is 15.0 Å². The number of nitrogen functional groups attached to an aromatic ring is 1. The van der Waals surface area contributed by atoms with Crippen LogP contribution >= 0.6 is 11.6 Å². The molecular formula is C14H16ClN3O2. The van der Waals surface area contributed by atoms with Crippen molar-refractivity contribution in [2.75, 3.05) is 12.3 Å². The average Bonchev–Trinajstić information content (AvgIpc) is 3.17. The molecule has 1 heterocycles. The molecule has 106 valence electrons. The summed E-state index contributed by atoms with van der Waals surface area (Å²) in [6.45, 7) is 2.59. The summed E-state index contributed by atoms with van der Waals surface area (Å²) >= 11 is 6.00. The van der Waals surface area contributed by atoms with Gasteiger partial charge in [-0.1, -0.05) is 22.8 Å². The van der Waals surface area contributed by atoms with E-state index in [1.807, 2.05) is 13.0 Å². The summed E-state index contributed by atoms with van der Waals surface area (Å²) in [5.74, 6) is 1.46. The Labute approximate surface area is 122 Å². The van der Waals surface area contributed by atoms with Crippen LogP contribution in [-0.2, 0) is 4.74 Å². The van der Waals surface area contributed by atoms with Gasteiger partial charge in [0.2, 0.25) is 5.82 Å². The van der Waals surface area contributed by atoms with Crippen molar-refractivity contribution in [2.45, 2.75) is 25.9 Å². The van der Waals surface area contributed by atoms with Gasteiger partial charge in [-0.25, -0.2) is 0 Å². The van der Waals surface area contributed by atoms with Gasteiger partial charge >= 0.3 is 0 Å². The van der Waals surface area contributed by atoms with Gasteiger partial charge in [-0.05, 0) is 37.8 Å². The zero-order chi connectivity index (χ0) is 14.1. The standard InChI is InChI=1S/C14H16ClN3O2/c1-2-19-12(8-6-7-8)13-17-14(20-18-13)9-4-3-5-10(15)11(9)16/h3-5,8,12H,2,6-7,16H2,1H3. The van der Waals surface area contributed by atoms with Crippen molar-refractivity contribution in [3.8, 4) is 11.5 Å². The SMILES string of the molecule is CCOC(c1noc(-c2cccc(Cl)c2N)n1)C1CC1. The number of benzene rings is 1. The third-order valence-corrected chi connectivity index (χ3v) is 3.71. The number of nitrogens with two attached hydrogens (primary N) is 1. The van der Waals surface area contributed by atoms with Crippen LogP contribution in [0.25, 0.3) is 11.5 Å². The molecule has 0 spiro atoms. The van der Waals surface area contributed by atoms with Gasteiger partial charge in [-0.15, -0.1) is 0 Å². The number of anilines is 1. The van der Waals surface area contributed by atoms with E-state index in [0.717, 1.165) is 12.8 Å². The van der Waals surface area contributed by atoms with Gasteiger partial charge in [0.15, 0.2) is 0 Å². The van der Waals surface area contributed by atoms with E-state index < -0.39 is 0 Å². The summed E-state index contributed by atoms with van der Waals surface area (Å²) < 4.78 is 11.0. The van der Waals surface area contributed by atoms with Gasteiger partial charge in [0.25, 0.3) is 5.89 Å². The van der Waals surface area contributed by atoms with Crippen LogP contribution in [0.4, 0.5) is 5.69 Å². The first-order valence-electron chi connectivity index (χ1n) is 6.70. The second kappa shape index (κ2) is 5.42. The van der Waals surface area contributed by atoms with Gasteiger partial charge in [-0.2, -0.15) is 4.98 Å². The van der Waals surface area contributed by atoms with Crippen LogP contribution in [0.5, 0.6) is 0 Å². The molecule has 3 rings (SSSR count). The van der Waals surface area contributed by atoms with Gasteiger partial charge in [0.1, 0.15) is 6.10 Å². The van der Waals surface area contributed by atoms with Crippen LogP contribution in [0, 0.1) is 5.92 Å². The lowest BCUT2D eigenvalue weighted by molar-refractivity contribution is 0.0385. The molecular weight excluding hydrogens is 278 g/mol. The molecule has 1 aromatic carbocycles. The topological polar surface area (TPSA) is 74.2 Å². The number of hydrogen-bond acceptors (Lipinski definition) is 5. The molecule has 1 aliphatic rings. The predicted molar refractivity (Wildman–Crippen MR) is 76.2 cm³/mol. The van der Waals surface area contributed by atoms with Crippen molar-refractivity contribution in [1.82, 2.24) is 10.1 Å². The average molecular weight is 294 g/mol. The molecule has 2 N–H and O–H groups in total. The molecule has 1 aromatic heterocycles. The van der Waals surface area contributed by atoms with Crippen LogP contribution in [0.2, 0.25) is 5.02 Å². The normalized spacial score (nSPS) is 16.3. The largest absolute Gasteiger partial charge is 0.397 e. The van der Waals surface area contributed by atoms with Crippen molar-refractivity contribution in [3.05, 3.63) is 29.0 Å². The van der Waals surface area contributed by atoms with Crippen molar-refractivity contribution in [3.63, 3.8) is 0 Å². The first kappa shape index (κ1) is 13.4. The highest BCUT2D eigenvalue weighted by Gasteiger charge is 2.36. The molecule has 5 nitrogen and oxygen atoms in total. The first-order valence-corrected chi connectivity index (χ1v) is 7.08. The quantitative estimate of drug-likeness (QED) is 0.855. The maximum Gasteiger partial charge on any atom is 0.260 e. The van der Waals surface area contributed by atoms with E-state index in [1.54, 1.807) is 12.1 Å². The van der Waals surface area contributed by atoms with Crippen molar-refractivity contribution in [1.29, 1.82) is 0 Å². The Kier molecular flexibility index (Phi) is 3.63. The fraction of sp³-hybridized carbons (Fsp3) is 0.429. The molecule has 1 saturated carbocycles. The number of rotatable bonds is 5. The Morgan fingerprint density at radius 3 is 3.00 bits per heavy atom. The molecule has 0 radical (unpaired) electrons. The number of para-hydroxylation sites is 1. The van der Waals surface area contributed by atoms with Crippen molar-refractivity contribution >= 4 is 17.3 Å². The minimum absolute atomic E-state index is 0.0853. The minimum atomic E-state index is -0.0853. The van der Waals surface area contributed by atoms with Crippen LogP contribution in [0.3, 0.4) is 0 Å². The van der Waals surface area contributed by atoms with E-state index in [2.05, 4.69) is 10.1 Å². The lowest BCUT2D eigenvalue weighted by atomic mass is 10.2. The number of ether oxygens (including phenoxy) is 1. The van der Waals surface area contributed by atoms with Gasteiger partial charge in [0, 0.05) is 6.61 Å². The fourth-order valence-electron chi connectivity index (χ4n) is 2.18. The molecule has 6 heteroatoms. The van der Waals surface area contributed by atoms with Crippen molar-refractivity contribution < 1.29 is 9.26 Å². The molecule has 2 aromatic rings. The summed E-state index contributed by atoms with van der Waals surface area (Å²) in [5.41, 5.74) is 7.04. The maximum atomic E-state index is 6.00. The second-order valence-corrected chi connectivity index (χ2v) is 5.28. The first-order chi connectivity index (χ1) is 9.70. The predicted octanol–water partition coefficient (Wildman–Crippen LogP) is 3.46. The third kappa shape index (κ3) is 2.51. The molecule has 0 bridgehead atoms. The van der Waals surface area contributed by atoms with Crippen LogP contribution in [-0.4, -0.2) is 16.7 Å². The summed E-state index contributed by atoms with van der Waals surface area (Å²) in [7, 11) is 0. The molecule has 1 unspecified atom stereocenters. The summed E-state index contributed by atoms with van der Waals surface area (Å²) in [6.07, 6.45) is 2.21. The Bertz CT molecular complexity index is 610. The molecule has 20 heavy (non-hydrogen) atoms. The Balaban J connectivity index is 1.91. The zero-order valence-corrected chi connectivity index (χ0v) is 11.9. The molecule has 1 aliphatic carbocycles. The molecule has 1 atom stereocenters. The number of halogens is 1. The smallest absolute Gasteiger partial charge is 0.260 e. The van der Waals surface area contributed by atoms with Crippen LogP contribution in [0.1, 0.15) is 31.7 Å². The second-order valence-electron chi connectivity index (χ2n) is 4.87. The van der Waals surface area contributed by atoms with Crippen LogP contribution < -0.4 is 5.73 Å². The molecule has 1 fully saturated rings. The molecule has 0 amide bonds. The van der Waals surface area contributed by atoms with Gasteiger partial charge in [0.05, 0.1) is 16.3 Å². The summed E-state index contributed by atoms with van der Waals surface area (Å²) in [6, 6.07) is 5.34. The van der Waals surface area contributed by atoms with E-state index in [-0.39, 0.29) is 6.10 Å². The van der Waals surface area contributed by atoms with Gasteiger partial charge in [-0.3, -0.25) is 0 Å². The highest BCUT2D eigenvalue weighted by molar-refractivity contribution is 6.33. The third-order valence-electron chi connectivity index (χ3n) is 3.38. The zero-order valence-electron chi connectivity index (χ0n) is 11.2. The number of hydrogen-bond donors (Lipinski definition) is 1. The van der Waals surface area contributed by atoms with E-state index in [4.69, 9.17) is 26.6 Å². The molecule has 0 saturated heterocycles. The van der Waals surface area contributed by atoms with E-state index in [9.17, 15) is 0 Å². The Morgan fingerprint density at radius 1 is 1.50 bits per heavy atom. The number of aromatic nitrogens is 2. The minimum Gasteiger partial charge on any atom is -0.397 e. The Morgan fingerprint density at radius 2 is 2.30 bits per heavy atom. The van der Waals surface area contributed by atoms with E-state index in [0.29, 0.717) is 40.5 Å². The lowest BCUT2D eigenvalue weighted by Crippen LogP contribution is -2.08. The lowest BCUT2D eigenvalue weighted by Gasteiger charge is -2.11.